The number of benzene rings is 2. The predicted molar refractivity (Wildman–Crippen MR) is 130 cm³/mol. The van der Waals surface area contributed by atoms with Crippen molar-refractivity contribution in [3.8, 4) is 5.75 Å². The predicted octanol–water partition coefficient (Wildman–Crippen LogP) is 1.97. The minimum Gasteiger partial charge on any atom is -0.420 e. The number of ether oxygens (including phenoxy) is 1. The molecule has 0 saturated carbocycles. The summed E-state index contributed by atoms with van der Waals surface area (Å²) in [6.07, 6.45) is -4.11. The number of nitrogens with zero attached hydrogens (tertiary/aromatic N) is 1. The average molecular weight is 535 g/mol. The van der Waals surface area contributed by atoms with E-state index in [-0.39, 0.29) is 18.1 Å². The van der Waals surface area contributed by atoms with E-state index in [9.17, 15) is 32.3 Å². The fourth-order valence-corrected chi connectivity index (χ4v) is 4.03. The van der Waals surface area contributed by atoms with E-state index < -0.39 is 36.0 Å². The second-order valence-corrected chi connectivity index (χ2v) is 8.93. The summed E-state index contributed by atoms with van der Waals surface area (Å²) in [5.41, 5.74) is 7.91. The fourth-order valence-electron chi connectivity index (χ4n) is 4.03. The minimum absolute atomic E-state index is 0.155. The largest absolute Gasteiger partial charge is 0.491 e. The molecule has 4 N–H and O–H groups in total. The van der Waals surface area contributed by atoms with Crippen LogP contribution in [0.3, 0.4) is 0 Å². The van der Waals surface area contributed by atoms with Gasteiger partial charge in [0, 0.05) is 19.6 Å². The average Bonchev–Trinajstić information content (AvgIpc) is 3.37. The molecule has 1 saturated heterocycles. The van der Waals surface area contributed by atoms with Crippen LogP contribution >= 0.6 is 0 Å². The lowest BCUT2D eigenvalue weighted by Gasteiger charge is -2.27. The van der Waals surface area contributed by atoms with E-state index in [1.165, 1.54) is 24.0 Å². The molecule has 2 aromatic rings. The first-order valence-corrected chi connectivity index (χ1v) is 12.0. The Balaban J connectivity index is 1.49. The van der Waals surface area contributed by atoms with Crippen LogP contribution in [0.15, 0.2) is 48.5 Å². The van der Waals surface area contributed by atoms with Crippen LogP contribution in [-0.4, -0.2) is 53.4 Å². The first-order chi connectivity index (χ1) is 18.0. The molecule has 0 aromatic heterocycles. The van der Waals surface area contributed by atoms with Crippen LogP contribution in [0, 0.1) is 0 Å². The van der Waals surface area contributed by atoms with Crippen LogP contribution in [0.2, 0.25) is 0 Å². The molecule has 0 radical (unpaired) electrons. The summed E-state index contributed by atoms with van der Waals surface area (Å²) >= 11 is 0. The maximum Gasteiger partial charge on any atom is 0.491 e. The van der Waals surface area contributed by atoms with E-state index in [2.05, 4.69) is 15.4 Å². The molecule has 9 nitrogen and oxygen atoms in total. The van der Waals surface area contributed by atoms with Gasteiger partial charge in [-0.2, -0.15) is 13.2 Å². The third kappa shape index (κ3) is 7.78. The Morgan fingerprint density at radius 2 is 1.63 bits per heavy atom. The highest BCUT2D eigenvalue weighted by molar-refractivity contribution is 5.92. The molecule has 2 aromatic carbocycles. The maximum atomic E-state index is 13.0. The highest BCUT2D eigenvalue weighted by Gasteiger charge is 2.41. The van der Waals surface area contributed by atoms with E-state index in [0.29, 0.717) is 38.0 Å². The summed E-state index contributed by atoms with van der Waals surface area (Å²) in [5.74, 6) is -3.82. The van der Waals surface area contributed by atoms with Gasteiger partial charge in [-0.25, -0.2) is 4.79 Å². The zero-order chi connectivity index (χ0) is 27.9. The molecule has 12 heteroatoms. The quantitative estimate of drug-likeness (QED) is 0.333. The first kappa shape index (κ1) is 28.6. The summed E-state index contributed by atoms with van der Waals surface area (Å²) in [7, 11) is 0. The fraction of sp³-hybridized carbons (Fsp3) is 0.385. The lowest BCUT2D eigenvalue weighted by molar-refractivity contribution is -0.189. The van der Waals surface area contributed by atoms with Gasteiger partial charge in [-0.15, -0.1) is 0 Å². The summed E-state index contributed by atoms with van der Waals surface area (Å²) < 4.78 is 41.1. The van der Waals surface area contributed by atoms with Crippen molar-refractivity contribution in [2.24, 2.45) is 5.73 Å². The number of rotatable bonds is 9. The monoisotopic (exact) mass is 534 g/mol. The van der Waals surface area contributed by atoms with Crippen LogP contribution in [-0.2, 0) is 38.7 Å². The molecular formula is C26H29F3N4O5. The van der Waals surface area contributed by atoms with Crippen LogP contribution in [0.4, 0.5) is 13.2 Å². The van der Waals surface area contributed by atoms with Crippen LogP contribution < -0.4 is 21.1 Å². The number of carbonyl (C=O) groups excluding carboxylic acids is 4. The standard InChI is InChI=1S/C26H29F3N4O5/c1-16(32-22(34)13-17-8-10-20(11-9-17)38-25(37)26(27,28)29)24(36)33-12-2-3-21(33)23(35)31-15-19-6-4-18(14-30)5-7-19/h4-11,16,21H,2-3,12-15,30H2,1H3,(H,31,35)(H,32,34). The third-order valence-corrected chi connectivity index (χ3v) is 6.04. The number of esters is 1. The summed E-state index contributed by atoms with van der Waals surface area (Å²) in [4.78, 5) is 50.6. The summed E-state index contributed by atoms with van der Waals surface area (Å²) in [6.45, 7) is 2.64. The Hall–Kier alpha value is -3.93. The van der Waals surface area contributed by atoms with Crippen molar-refractivity contribution in [1.82, 2.24) is 15.5 Å². The van der Waals surface area contributed by atoms with Crippen molar-refractivity contribution in [2.45, 2.75) is 57.5 Å². The molecule has 38 heavy (non-hydrogen) atoms. The Bertz CT molecular complexity index is 1150. The van der Waals surface area contributed by atoms with Crippen LogP contribution in [0.25, 0.3) is 0 Å². The number of halogens is 3. The van der Waals surface area contributed by atoms with Crippen molar-refractivity contribution in [3.05, 3.63) is 65.2 Å². The van der Waals surface area contributed by atoms with Gasteiger partial charge >= 0.3 is 12.1 Å². The van der Waals surface area contributed by atoms with Gasteiger partial charge in [0.2, 0.25) is 17.7 Å². The minimum atomic E-state index is -5.12. The lowest BCUT2D eigenvalue weighted by atomic mass is 10.1. The molecule has 3 amide bonds. The summed E-state index contributed by atoms with van der Waals surface area (Å²) in [5, 5.41) is 5.45. The van der Waals surface area contributed by atoms with Gasteiger partial charge in [0.05, 0.1) is 6.42 Å². The van der Waals surface area contributed by atoms with Crippen molar-refractivity contribution < 1.29 is 37.1 Å². The van der Waals surface area contributed by atoms with Gasteiger partial charge in [-0.1, -0.05) is 36.4 Å². The Morgan fingerprint density at radius 1 is 1.03 bits per heavy atom. The number of amides is 3. The molecule has 2 atom stereocenters. The van der Waals surface area contributed by atoms with E-state index in [0.717, 1.165) is 23.3 Å². The highest BCUT2D eigenvalue weighted by atomic mass is 19.4. The number of alkyl halides is 3. The summed E-state index contributed by atoms with van der Waals surface area (Å²) in [6, 6.07) is 10.9. The molecular weight excluding hydrogens is 505 g/mol. The van der Waals surface area contributed by atoms with E-state index in [4.69, 9.17) is 5.73 Å². The molecule has 204 valence electrons. The van der Waals surface area contributed by atoms with Crippen LogP contribution in [0.1, 0.15) is 36.5 Å². The van der Waals surface area contributed by atoms with Gasteiger partial charge in [0.1, 0.15) is 17.8 Å². The molecule has 1 aliphatic heterocycles. The Labute approximate surface area is 217 Å². The van der Waals surface area contributed by atoms with Crippen LogP contribution in [0.5, 0.6) is 5.75 Å². The molecule has 2 unspecified atom stereocenters. The molecule has 0 bridgehead atoms. The van der Waals surface area contributed by atoms with Crippen molar-refractivity contribution >= 4 is 23.7 Å². The van der Waals surface area contributed by atoms with E-state index >= 15 is 0 Å². The van der Waals surface area contributed by atoms with Gasteiger partial charge < -0.3 is 26.0 Å². The van der Waals surface area contributed by atoms with Crippen molar-refractivity contribution in [1.29, 1.82) is 0 Å². The zero-order valence-electron chi connectivity index (χ0n) is 20.7. The smallest absolute Gasteiger partial charge is 0.420 e. The SMILES string of the molecule is CC(NC(=O)Cc1ccc(OC(=O)C(F)(F)F)cc1)C(=O)N1CCCC1C(=O)NCc1ccc(CN)cc1. The first-order valence-electron chi connectivity index (χ1n) is 12.0. The lowest BCUT2D eigenvalue weighted by Crippen LogP contribution is -2.52. The van der Waals surface area contributed by atoms with Gasteiger partial charge in [0.25, 0.3) is 0 Å². The third-order valence-electron chi connectivity index (χ3n) is 6.04. The van der Waals surface area contributed by atoms with E-state index in [1.54, 1.807) is 0 Å². The maximum absolute atomic E-state index is 13.0. The normalized spacial score (nSPS) is 16.0. The van der Waals surface area contributed by atoms with Gasteiger partial charge in [0.15, 0.2) is 0 Å². The topological polar surface area (TPSA) is 131 Å². The number of likely N-dealkylation sites (tertiary alicyclic amines) is 1. The second-order valence-electron chi connectivity index (χ2n) is 8.93. The van der Waals surface area contributed by atoms with Gasteiger partial charge in [-0.05, 0) is 48.6 Å². The Morgan fingerprint density at radius 3 is 2.24 bits per heavy atom. The highest BCUT2D eigenvalue weighted by Crippen LogP contribution is 2.21. The molecule has 0 aliphatic carbocycles. The molecule has 1 aliphatic rings. The number of hydrogen-bond donors (Lipinski definition) is 3. The number of hydrogen-bond acceptors (Lipinski definition) is 6. The second kappa shape index (κ2) is 12.5. The van der Waals surface area contributed by atoms with Crippen molar-refractivity contribution in [3.63, 3.8) is 0 Å². The molecule has 1 heterocycles. The number of carbonyl (C=O) groups is 4. The van der Waals surface area contributed by atoms with E-state index in [1.807, 2.05) is 24.3 Å². The van der Waals surface area contributed by atoms with Crippen molar-refractivity contribution in [2.75, 3.05) is 6.54 Å². The number of nitrogens with two attached hydrogens (primary N) is 1. The molecule has 3 rings (SSSR count). The number of nitrogens with one attached hydrogen (secondary N) is 2. The van der Waals surface area contributed by atoms with Gasteiger partial charge in [-0.3, -0.25) is 14.4 Å². The Kier molecular flexibility index (Phi) is 9.45. The molecule has 0 spiro atoms. The molecule has 1 fully saturated rings. The zero-order valence-corrected chi connectivity index (χ0v) is 20.7.